The lowest BCUT2D eigenvalue weighted by Crippen LogP contribution is -2.13. The van der Waals surface area contributed by atoms with Crippen LogP contribution in [-0.2, 0) is 4.79 Å². The first-order valence-corrected chi connectivity index (χ1v) is 4.35. The van der Waals surface area contributed by atoms with Gasteiger partial charge in [0.2, 0.25) is 0 Å². The van der Waals surface area contributed by atoms with Gasteiger partial charge >= 0.3 is 0 Å². The molecule has 1 atom stereocenters. The average Bonchev–Trinajstić information content (AvgIpc) is 1.99. The van der Waals surface area contributed by atoms with Gasteiger partial charge in [0.05, 0.1) is 6.07 Å². The predicted molar refractivity (Wildman–Crippen MR) is 42.8 cm³/mol. The highest BCUT2D eigenvalue weighted by molar-refractivity contribution is 8.00. The molecule has 0 fully saturated rings. The van der Waals surface area contributed by atoms with Crippen molar-refractivity contribution in [2.75, 3.05) is 5.75 Å². The third-order valence-electron chi connectivity index (χ3n) is 1.09. The predicted octanol–water partition coefficient (Wildman–Crippen LogP) is 1.61. The molecule has 0 aromatic rings. The van der Waals surface area contributed by atoms with Gasteiger partial charge in [-0.25, -0.2) is 0 Å². The van der Waals surface area contributed by atoms with Gasteiger partial charge in [0.15, 0.2) is 5.78 Å². The van der Waals surface area contributed by atoms with E-state index in [2.05, 4.69) is 0 Å². The first-order valence-electron chi connectivity index (χ1n) is 3.30. The Bertz CT molecular complexity index is 150. The molecule has 0 spiro atoms. The molecule has 0 bridgehead atoms. The van der Waals surface area contributed by atoms with Gasteiger partial charge in [-0.3, -0.25) is 4.79 Å². The number of hydrogen-bond acceptors (Lipinski definition) is 3. The van der Waals surface area contributed by atoms with Crippen molar-refractivity contribution in [3.05, 3.63) is 0 Å². The molecule has 0 aromatic heterocycles. The first-order chi connectivity index (χ1) is 4.76. The van der Waals surface area contributed by atoms with Crippen molar-refractivity contribution in [3.63, 3.8) is 0 Å². The van der Waals surface area contributed by atoms with E-state index in [1.807, 2.05) is 13.0 Å². The zero-order valence-electron chi connectivity index (χ0n) is 6.26. The summed E-state index contributed by atoms with van der Waals surface area (Å²) in [5.41, 5.74) is 0. The lowest BCUT2D eigenvalue weighted by molar-refractivity contribution is -0.117. The minimum atomic E-state index is -0.435. The molecule has 3 heteroatoms. The Morgan fingerprint density at radius 2 is 2.30 bits per heavy atom. The van der Waals surface area contributed by atoms with Crippen LogP contribution in [0.3, 0.4) is 0 Å². The van der Waals surface area contributed by atoms with Gasteiger partial charge < -0.3 is 0 Å². The Morgan fingerprint density at radius 3 is 2.60 bits per heavy atom. The largest absolute Gasteiger partial charge is 0.297 e. The summed E-state index contributed by atoms with van der Waals surface area (Å²) in [7, 11) is 0. The fourth-order valence-corrected chi connectivity index (χ4v) is 1.31. The molecule has 0 aromatic carbocycles. The Kier molecular flexibility index (Phi) is 5.05. The van der Waals surface area contributed by atoms with Crippen molar-refractivity contribution < 1.29 is 4.79 Å². The van der Waals surface area contributed by atoms with Crippen LogP contribution in [0.1, 0.15) is 20.3 Å². The van der Waals surface area contributed by atoms with Crippen LogP contribution in [0.5, 0.6) is 0 Å². The van der Waals surface area contributed by atoms with Gasteiger partial charge in [0.1, 0.15) is 5.25 Å². The molecule has 0 amide bonds. The van der Waals surface area contributed by atoms with Crippen molar-refractivity contribution in [2.24, 2.45) is 0 Å². The van der Waals surface area contributed by atoms with Gasteiger partial charge in [-0.1, -0.05) is 13.8 Å². The molecule has 2 nitrogen and oxygen atoms in total. The first kappa shape index (κ1) is 9.51. The summed E-state index contributed by atoms with van der Waals surface area (Å²) in [6.45, 7) is 3.72. The zero-order valence-corrected chi connectivity index (χ0v) is 7.07. The highest BCUT2D eigenvalue weighted by Crippen LogP contribution is 2.11. The fraction of sp³-hybridized carbons (Fsp3) is 0.714. The SMILES string of the molecule is CCSC(C#N)C(=O)CC. The number of carbonyl (C=O) groups excluding carboxylic acids is 1. The Labute approximate surface area is 65.6 Å². The number of ketones is 1. The van der Waals surface area contributed by atoms with Crippen LogP contribution in [0, 0.1) is 11.3 Å². The maximum absolute atomic E-state index is 10.9. The van der Waals surface area contributed by atoms with E-state index in [-0.39, 0.29) is 5.78 Å². The lowest BCUT2D eigenvalue weighted by Gasteiger charge is -2.01. The van der Waals surface area contributed by atoms with E-state index in [1.165, 1.54) is 11.8 Å². The van der Waals surface area contributed by atoms with Crippen LogP contribution in [0.25, 0.3) is 0 Å². The van der Waals surface area contributed by atoms with Crippen molar-refractivity contribution >= 4 is 17.5 Å². The lowest BCUT2D eigenvalue weighted by atomic mass is 10.2. The van der Waals surface area contributed by atoms with Gasteiger partial charge in [-0.05, 0) is 5.75 Å². The van der Waals surface area contributed by atoms with E-state index in [1.54, 1.807) is 6.92 Å². The molecule has 1 unspecified atom stereocenters. The number of rotatable bonds is 4. The minimum absolute atomic E-state index is 0.0364. The molecule has 0 rings (SSSR count). The number of carbonyl (C=O) groups is 1. The van der Waals surface area contributed by atoms with Crippen molar-refractivity contribution in [1.29, 1.82) is 5.26 Å². The normalized spacial score (nSPS) is 12.1. The van der Waals surface area contributed by atoms with E-state index in [4.69, 9.17) is 5.26 Å². The van der Waals surface area contributed by atoms with Crippen LogP contribution < -0.4 is 0 Å². The van der Waals surface area contributed by atoms with Crippen LogP contribution in [0.15, 0.2) is 0 Å². The third kappa shape index (κ3) is 2.88. The smallest absolute Gasteiger partial charge is 0.159 e. The van der Waals surface area contributed by atoms with E-state index in [0.29, 0.717) is 6.42 Å². The molecule has 0 radical (unpaired) electrons. The second-order valence-corrected chi connectivity index (χ2v) is 3.17. The molecular weight excluding hydrogens is 146 g/mol. The van der Waals surface area contributed by atoms with Crippen LogP contribution >= 0.6 is 11.8 Å². The standard InChI is InChI=1S/C7H11NOS/c1-3-6(9)7(5-8)10-4-2/h7H,3-4H2,1-2H3. The summed E-state index contributed by atoms with van der Waals surface area (Å²) >= 11 is 1.40. The van der Waals surface area contributed by atoms with E-state index < -0.39 is 5.25 Å². The van der Waals surface area contributed by atoms with Crippen LogP contribution in [0.2, 0.25) is 0 Å². The molecule has 0 aliphatic rings. The fourth-order valence-electron chi connectivity index (χ4n) is 0.554. The summed E-state index contributed by atoms with van der Waals surface area (Å²) in [5.74, 6) is 0.860. The summed E-state index contributed by atoms with van der Waals surface area (Å²) in [6.07, 6.45) is 0.464. The molecule has 0 N–H and O–H groups in total. The van der Waals surface area contributed by atoms with Crippen molar-refractivity contribution in [3.8, 4) is 6.07 Å². The summed E-state index contributed by atoms with van der Waals surface area (Å²) in [4.78, 5) is 10.9. The van der Waals surface area contributed by atoms with Gasteiger partial charge in [0.25, 0.3) is 0 Å². The molecule has 0 aliphatic heterocycles. The van der Waals surface area contributed by atoms with E-state index in [9.17, 15) is 4.79 Å². The van der Waals surface area contributed by atoms with Crippen LogP contribution in [-0.4, -0.2) is 16.8 Å². The second-order valence-electron chi connectivity index (χ2n) is 1.78. The van der Waals surface area contributed by atoms with Crippen molar-refractivity contribution in [2.45, 2.75) is 25.5 Å². The summed E-state index contributed by atoms with van der Waals surface area (Å²) < 4.78 is 0. The maximum Gasteiger partial charge on any atom is 0.159 e. The highest BCUT2D eigenvalue weighted by atomic mass is 32.2. The molecule has 56 valence electrons. The maximum atomic E-state index is 10.9. The number of thioether (sulfide) groups is 1. The van der Waals surface area contributed by atoms with Gasteiger partial charge in [-0.2, -0.15) is 5.26 Å². The summed E-state index contributed by atoms with van der Waals surface area (Å²) in [6, 6.07) is 1.97. The Morgan fingerprint density at radius 1 is 1.70 bits per heavy atom. The Balaban J connectivity index is 3.84. The average molecular weight is 157 g/mol. The number of nitriles is 1. The van der Waals surface area contributed by atoms with Crippen LogP contribution in [0.4, 0.5) is 0 Å². The van der Waals surface area contributed by atoms with Gasteiger partial charge in [0, 0.05) is 6.42 Å². The summed E-state index contributed by atoms with van der Waals surface area (Å²) in [5, 5.41) is 8.03. The second kappa shape index (κ2) is 5.31. The monoisotopic (exact) mass is 157 g/mol. The zero-order chi connectivity index (χ0) is 7.98. The number of hydrogen-bond donors (Lipinski definition) is 0. The molecule has 0 saturated carbocycles. The van der Waals surface area contributed by atoms with Crippen molar-refractivity contribution in [1.82, 2.24) is 0 Å². The van der Waals surface area contributed by atoms with E-state index in [0.717, 1.165) is 5.75 Å². The quantitative estimate of drug-likeness (QED) is 0.622. The Hall–Kier alpha value is -0.490. The molecule has 0 saturated heterocycles. The number of nitrogens with zero attached hydrogens (tertiary/aromatic N) is 1. The third-order valence-corrected chi connectivity index (χ3v) is 2.13. The molecule has 0 heterocycles. The van der Waals surface area contributed by atoms with Gasteiger partial charge in [-0.15, -0.1) is 11.8 Å². The molecular formula is C7H11NOS. The topological polar surface area (TPSA) is 40.9 Å². The molecule has 0 aliphatic carbocycles. The van der Waals surface area contributed by atoms with E-state index >= 15 is 0 Å². The number of Topliss-reactive ketones (excluding diaryl/α,β-unsaturated/α-hetero) is 1. The highest BCUT2D eigenvalue weighted by Gasteiger charge is 2.14. The minimum Gasteiger partial charge on any atom is -0.297 e. The molecule has 10 heavy (non-hydrogen) atoms.